The highest BCUT2D eigenvalue weighted by molar-refractivity contribution is 7.92. The van der Waals surface area contributed by atoms with Crippen LogP contribution in [-0.4, -0.2) is 45.1 Å². The quantitative estimate of drug-likeness (QED) is 0.810. The largest absolute Gasteiger partial charge is 0.418 e. The summed E-state index contributed by atoms with van der Waals surface area (Å²) in [5, 5.41) is 0. The SMILES string of the molecule is CC1CCN(C(=O)CN(c2ccccc2C(F)(F)F)S(C)(=O)=O)CC1. The standard InChI is InChI=1S/C16H21F3N2O3S/c1-12-7-9-20(10-8-12)15(22)11-21(25(2,23)24)14-6-4-3-5-13(14)16(17,18)19/h3-6,12H,7-11H2,1-2H3. The van der Waals surface area contributed by atoms with Crippen LogP contribution in [0.25, 0.3) is 0 Å². The van der Waals surface area contributed by atoms with E-state index in [-0.39, 0.29) is 0 Å². The third-order valence-corrected chi connectivity index (χ3v) is 5.42. The summed E-state index contributed by atoms with van der Waals surface area (Å²) in [5.74, 6) is -0.0182. The van der Waals surface area contributed by atoms with E-state index in [9.17, 15) is 26.4 Å². The fourth-order valence-corrected chi connectivity index (χ4v) is 3.65. The first-order chi connectivity index (χ1) is 11.5. The molecule has 5 nitrogen and oxygen atoms in total. The number of sulfonamides is 1. The lowest BCUT2D eigenvalue weighted by Crippen LogP contribution is -2.45. The van der Waals surface area contributed by atoms with E-state index in [1.807, 2.05) is 0 Å². The van der Waals surface area contributed by atoms with Gasteiger partial charge in [-0.05, 0) is 30.9 Å². The first-order valence-corrected chi connectivity index (χ1v) is 9.76. The molecular formula is C16H21F3N2O3S. The summed E-state index contributed by atoms with van der Waals surface area (Å²) in [6.45, 7) is 2.39. The topological polar surface area (TPSA) is 57.7 Å². The Morgan fingerprint density at radius 1 is 1.24 bits per heavy atom. The summed E-state index contributed by atoms with van der Waals surface area (Å²) >= 11 is 0. The molecule has 1 aromatic rings. The van der Waals surface area contributed by atoms with Crippen molar-refractivity contribution in [2.75, 3.05) is 30.2 Å². The van der Waals surface area contributed by atoms with E-state index < -0.39 is 39.9 Å². The Morgan fingerprint density at radius 3 is 2.32 bits per heavy atom. The first kappa shape index (κ1) is 19.6. The Hall–Kier alpha value is -1.77. The van der Waals surface area contributed by atoms with Crippen molar-refractivity contribution in [1.82, 2.24) is 4.90 Å². The number of para-hydroxylation sites is 1. The number of carbonyl (C=O) groups is 1. The number of likely N-dealkylation sites (tertiary alicyclic amines) is 1. The van der Waals surface area contributed by atoms with Crippen LogP contribution in [0.15, 0.2) is 24.3 Å². The van der Waals surface area contributed by atoms with Crippen molar-refractivity contribution in [2.24, 2.45) is 5.92 Å². The summed E-state index contributed by atoms with van der Waals surface area (Å²) in [6, 6.07) is 4.37. The van der Waals surface area contributed by atoms with Crippen molar-refractivity contribution in [3.8, 4) is 0 Å². The van der Waals surface area contributed by atoms with E-state index in [1.165, 1.54) is 17.0 Å². The summed E-state index contributed by atoms with van der Waals surface area (Å²) in [7, 11) is -4.06. The van der Waals surface area contributed by atoms with Gasteiger partial charge in [0.1, 0.15) is 6.54 Å². The van der Waals surface area contributed by atoms with Gasteiger partial charge in [0.15, 0.2) is 0 Å². The number of halogens is 3. The molecule has 1 amide bonds. The highest BCUT2D eigenvalue weighted by Crippen LogP contribution is 2.37. The number of hydrogen-bond donors (Lipinski definition) is 0. The van der Waals surface area contributed by atoms with Gasteiger partial charge in [-0.25, -0.2) is 8.42 Å². The maximum Gasteiger partial charge on any atom is 0.418 e. The van der Waals surface area contributed by atoms with Crippen molar-refractivity contribution in [2.45, 2.75) is 25.9 Å². The molecule has 1 aliphatic heterocycles. The third-order valence-electron chi connectivity index (χ3n) is 4.29. The summed E-state index contributed by atoms with van der Waals surface area (Å²) in [4.78, 5) is 13.9. The minimum atomic E-state index is -4.72. The Morgan fingerprint density at radius 2 is 1.80 bits per heavy atom. The van der Waals surface area contributed by atoms with Crippen molar-refractivity contribution in [3.05, 3.63) is 29.8 Å². The summed E-state index contributed by atoms with van der Waals surface area (Å²) in [5.41, 5.74) is -1.61. The van der Waals surface area contributed by atoms with Gasteiger partial charge < -0.3 is 4.90 Å². The molecule has 1 aromatic carbocycles. The number of rotatable bonds is 4. The predicted molar refractivity (Wildman–Crippen MR) is 88.6 cm³/mol. The van der Waals surface area contributed by atoms with Crippen molar-refractivity contribution in [1.29, 1.82) is 0 Å². The normalized spacial score (nSPS) is 16.8. The molecule has 1 aliphatic rings. The number of carbonyl (C=O) groups excluding carboxylic acids is 1. The van der Waals surface area contributed by atoms with E-state index in [1.54, 1.807) is 0 Å². The van der Waals surface area contributed by atoms with Crippen molar-refractivity contribution >= 4 is 21.6 Å². The van der Waals surface area contributed by atoms with Crippen LogP contribution in [0.2, 0.25) is 0 Å². The number of benzene rings is 1. The van der Waals surface area contributed by atoms with Gasteiger partial charge in [-0.3, -0.25) is 9.10 Å². The molecule has 1 saturated heterocycles. The van der Waals surface area contributed by atoms with E-state index in [4.69, 9.17) is 0 Å². The monoisotopic (exact) mass is 378 g/mol. The zero-order valence-corrected chi connectivity index (χ0v) is 14.9. The fourth-order valence-electron chi connectivity index (χ4n) is 2.79. The van der Waals surface area contributed by atoms with Gasteiger partial charge >= 0.3 is 6.18 Å². The van der Waals surface area contributed by atoms with Crippen LogP contribution in [0.3, 0.4) is 0 Å². The summed E-state index contributed by atoms with van der Waals surface area (Å²) < 4.78 is 64.3. The van der Waals surface area contributed by atoms with Gasteiger partial charge in [-0.1, -0.05) is 19.1 Å². The number of amides is 1. The van der Waals surface area contributed by atoms with E-state index in [2.05, 4.69) is 6.92 Å². The number of piperidine rings is 1. The molecule has 0 saturated carbocycles. The predicted octanol–water partition coefficient (Wildman–Crippen LogP) is 2.73. The number of anilines is 1. The molecule has 1 fully saturated rings. The maximum absolute atomic E-state index is 13.2. The number of hydrogen-bond acceptors (Lipinski definition) is 3. The lowest BCUT2D eigenvalue weighted by atomic mass is 9.99. The lowest BCUT2D eigenvalue weighted by Gasteiger charge is -2.33. The third kappa shape index (κ3) is 4.87. The van der Waals surface area contributed by atoms with E-state index in [0.29, 0.717) is 23.3 Å². The molecule has 0 unspecified atom stereocenters. The fraction of sp³-hybridized carbons (Fsp3) is 0.562. The molecule has 25 heavy (non-hydrogen) atoms. The molecule has 2 rings (SSSR count). The molecule has 0 atom stereocenters. The Bertz CT molecular complexity index is 726. The number of alkyl halides is 3. The highest BCUT2D eigenvalue weighted by atomic mass is 32.2. The van der Waals surface area contributed by atoms with Gasteiger partial charge in [0.05, 0.1) is 17.5 Å². The van der Waals surface area contributed by atoms with Crippen LogP contribution in [-0.2, 0) is 21.0 Å². The van der Waals surface area contributed by atoms with Gasteiger partial charge in [-0.2, -0.15) is 13.2 Å². The summed E-state index contributed by atoms with van der Waals surface area (Å²) in [6.07, 6.45) is -2.33. The Labute approximate surface area is 145 Å². The Balaban J connectivity index is 2.32. The lowest BCUT2D eigenvalue weighted by molar-refractivity contribution is -0.137. The molecule has 0 aliphatic carbocycles. The van der Waals surface area contributed by atoms with Gasteiger partial charge in [0.2, 0.25) is 15.9 Å². The molecule has 0 aromatic heterocycles. The van der Waals surface area contributed by atoms with Crippen LogP contribution in [0.4, 0.5) is 18.9 Å². The zero-order chi connectivity index (χ0) is 18.8. The van der Waals surface area contributed by atoms with Crippen molar-refractivity contribution < 1.29 is 26.4 Å². The van der Waals surface area contributed by atoms with Gasteiger partial charge in [0.25, 0.3) is 0 Å². The average Bonchev–Trinajstić information content (AvgIpc) is 2.51. The van der Waals surface area contributed by atoms with Crippen LogP contribution in [0.5, 0.6) is 0 Å². The van der Waals surface area contributed by atoms with Gasteiger partial charge in [-0.15, -0.1) is 0 Å². The molecule has 0 spiro atoms. The zero-order valence-electron chi connectivity index (χ0n) is 14.1. The first-order valence-electron chi connectivity index (χ1n) is 7.92. The van der Waals surface area contributed by atoms with E-state index in [0.717, 1.165) is 31.2 Å². The molecule has 0 bridgehead atoms. The van der Waals surface area contributed by atoms with Crippen LogP contribution in [0, 0.1) is 5.92 Å². The van der Waals surface area contributed by atoms with Crippen LogP contribution in [0.1, 0.15) is 25.3 Å². The molecule has 140 valence electrons. The molecular weight excluding hydrogens is 357 g/mol. The molecule has 1 heterocycles. The minimum Gasteiger partial charge on any atom is -0.341 e. The molecule has 0 N–H and O–H groups in total. The second kappa shape index (κ2) is 7.23. The van der Waals surface area contributed by atoms with Crippen LogP contribution < -0.4 is 4.31 Å². The second-order valence-electron chi connectivity index (χ2n) is 6.35. The molecule has 9 heteroatoms. The molecule has 0 radical (unpaired) electrons. The average molecular weight is 378 g/mol. The van der Waals surface area contributed by atoms with Crippen LogP contribution >= 0.6 is 0 Å². The van der Waals surface area contributed by atoms with Crippen molar-refractivity contribution in [3.63, 3.8) is 0 Å². The smallest absolute Gasteiger partial charge is 0.341 e. The van der Waals surface area contributed by atoms with Gasteiger partial charge in [0, 0.05) is 13.1 Å². The number of nitrogens with zero attached hydrogens (tertiary/aromatic N) is 2. The Kier molecular flexibility index (Phi) is 5.65. The van der Waals surface area contributed by atoms with E-state index >= 15 is 0 Å². The second-order valence-corrected chi connectivity index (χ2v) is 8.25. The maximum atomic E-state index is 13.2. The minimum absolute atomic E-state index is 0.473. The highest BCUT2D eigenvalue weighted by Gasteiger charge is 2.37.